The van der Waals surface area contributed by atoms with E-state index in [9.17, 15) is 17.6 Å². The molecule has 0 bridgehead atoms. The summed E-state index contributed by atoms with van der Waals surface area (Å²) in [5.41, 5.74) is 1.83. The number of sulfonamides is 1. The number of amides is 1. The van der Waals surface area contributed by atoms with Crippen molar-refractivity contribution < 1.29 is 27.1 Å². The number of hydrogen-bond acceptors (Lipinski definition) is 5. The highest BCUT2D eigenvalue weighted by Crippen LogP contribution is 2.33. The third-order valence-corrected chi connectivity index (χ3v) is 7.09. The van der Waals surface area contributed by atoms with Crippen LogP contribution in [-0.2, 0) is 14.8 Å². The molecule has 34 heavy (non-hydrogen) atoms. The smallest absolute Gasteiger partial charge is 0.264 e. The lowest BCUT2D eigenvalue weighted by molar-refractivity contribution is -0.120. The average molecular weight is 487 g/mol. The van der Waals surface area contributed by atoms with Crippen LogP contribution in [0.4, 0.5) is 10.1 Å². The highest BCUT2D eigenvalue weighted by molar-refractivity contribution is 7.92. The Morgan fingerprint density at radius 3 is 2.18 bits per heavy atom. The molecule has 180 valence electrons. The van der Waals surface area contributed by atoms with Crippen molar-refractivity contribution in [1.29, 1.82) is 0 Å². The quantitative estimate of drug-likeness (QED) is 0.490. The van der Waals surface area contributed by atoms with Crippen LogP contribution >= 0.6 is 0 Å². The molecule has 0 saturated carbocycles. The first-order chi connectivity index (χ1) is 16.1. The van der Waals surface area contributed by atoms with E-state index in [-0.39, 0.29) is 16.4 Å². The number of methoxy groups -OCH3 is 2. The molecule has 0 radical (unpaired) electrons. The van der Waals surface area contributed by atoms with Crippen molar-refractivity contribution in [2.45, 2.75) is 24.8 Å². The SMILES string of the molecule is COc1ccc(N(CC(=O)N[C@@H](C)c2ccc(F)cc2)S(=O)(=O)c2ccc(C)cc2)cc1OC. The minimum atomic E-state index is -4.09. The first-order valence-electron chi connectivity index (χ1n) is 10.5. The van der Waals surface area contributed by atoms with Crippen LogP contribution in [0.25, 0.3) is 0 Å². The summed E-state index contributed by atoms with van der Waals surface area (Å²) in [7, 11) is -1.17. The fourth-order valence-corrected chi connectivity index (χ4v) is 4.80. The van der Waals surface area contributed by atoms with Gasteiger partial charge in [-0.3, -0.25) is 9.10 Å². The monoisotopic (exact) mass is 486 g/mol. The number of benzene rings is 3. The topological polar surface area (TPSA) is 84.9 Å². The van der Waals surface area contributed by atoms with E-state index in [1.807, 2.05) is 6.92 Å². The van der Waals surface area contributed by atoms with Crippen LogP contribution in [0.15, 0.2) is 71.6 Å². The summed E-state index contributed by atoms with van der Waals surface area (Å²) in [6.07, 6.45) is 0. The lowest BCUT2D eigenvalue weighted by Crippen LogP contribution is -2.41. The van der Waals surface area contributed by atoms with Crippen LogP contribution in [0.3, 0.4) is 0 Å². The Morgan fingerprint density at radius 1 is 0.971 bits per heavy atom. The zero-order valence-corrected chi connectivity index (χ0v) is 20.2. The molecule has 0 aliphatic heterocycles. The second-order valence-electron chi connectivity index (χ2n) is 7.70. The number of nitrogens with zero attached hydrogens (tertiary/aromatic N) is 1. The zero-order chi connectivity index (χ0) is 24.9. The number of halogens is 1. The molecule has 7 nitrogen and oxygen atoms in total. The Morgan fingerprint density at radius 2 is 1.59 bits per heavy atom. The summed E-state index contributed by atoms with van der Waals surface area (Å²) >= 11 is 0. The molecule has 3 rings (SSSR count). The Hall–Kier alpha value is -3.59. The van der Waals surface area contributed by atoms with Gasteiger partial charge in [-0.25, -0.2) is 12.8 Å². The highest BCUT2D eigenvalue weighted by atomic mass is 32.2. The summed E-state index contributed by atoms with van der Waals surface area (Å²) in [5, 5.41) is 2.78. The predicted molar refractivity (Wildman–Crippen MR) is 128 cm³/mol. The predicted octanol–water partition coefficient (Wildman–Crippen LogP) is 4.22. The van der Waals surface area contributed by atoms with Crippen LogP contribution in [0.2, 0.25) is 0 Å². The molecule has 9 heteroatoms. The molecule has 0 aliphatic rings. The van der Waals surface area contributed by atoms with Gasteiger partial charge in [0.05, 0.1) is 30.8 Å². The van der Waals surface area contributed by atoms with Gasteiger partial charge in [-0.2, -0.15) is 0 Å². The van der Waals surface area contributed by atoms with E-state index in [1.54, 1.807) is 43.3 Å². The molecule has 3 aromatic carbocycles. The number of ether oxygens (including phenoxy) is 2. The van der Waals surface area contributed by atoms with Crippen molar-refractivity contribution in [2.24, 2.45) is 0 Å². The molecule has 0 saturated heterocycles. The largest absolute Gasteiger partial charge is 0.493 e. The van der Waals surface area contributed by atoms with E-state index in [0.29, 0.717) is 17.1 Å². The second kappa shape index (κ2) is 10.6. The number of nitrogens with one attached hydrogen (secondary N) is 1. The first kappa shape index (κ1) is 25.0. The van der Waals surface area contributed by atoms with Gasteiger partial charge in [0, 0.05) is 6.07 Å². The number of anilines is 1. The fourth-order valence-electron chi connectivity index (χ4n) is 3.38. The number of carbonyl (C=O) groups is 1. The summed E-state index contributed by atoms with van der Waals surface area (Å²) in [6.45, 7) is 3.12. The molecule has 0 spiro atoms. The third kappa shape index (κ3) is 5.66. The van der Waals surface area contributed by atoms with Crippen molar-refractivity contribution in [3.8, 4) is 11.5 Å². The molecular formula is C25H27FN2O5S. The van der Waals surface area contributed by atoms with Gasteiger partial charge in [0.1, 0.15) is 12.4 Å². The van der Waals surface area contributed by atoms with Gasteiger partial charge in [-0.1, -0.05) is 29.8 Å². The van der Waals surface area contributed by atoms with Crippen molar-refractivity contribution >= 4 is 21.6 Å². The molecule has 0 heterocycles. The first-order valence-corrected chi connectivity index (χ1v) is 12.0. The number of carbonyl (C=O) groups excluding carboxylic acids is 1. The molecular weight excluding hydrogens is 459 g/mol. The van der Waals surface area contributed by atoms with E-state index in [4.69, 9.17) is 9.47 Å². The van der Waals surface area contributed by atoms with Crippen LogP contribution in [-0.4, -0.2) is 35.1 Å². The highest BCUT2D eigenvalue weighted by Gasteiger charge is 2.28. The Balaban J connectivity index is 1.95. The minimum absolute atomic E-state index is 0.0484. The van der Waals surface area contributed by atoms with Crippen LogP contribution < -0.4 is 19.1 Å². The normalized spacial score (nSPS) is 12.0. The summed E-state index contributed by atoms with van der Waals surface area (Å²) < 4.78 is 51.9. The van der Waals surface area contributed by atoms with Crippen molar-refractivity contribution in [3.05, 3.63) is 83.7 Å². The number of rotatable bonds is 9. The number of aryl methyl sites for hydroxylation is 1. The Kier molecular flexibility index (Phi) is 7.78. The van der Waals surface area contributed by atoms with Gasteiger partial charge in [-0.15, -0.1) is 0 Å². The minimum Gasteiger partial charge on any atom is -0.493 e. The van der Waals surface area contributed by atoms with Crippen molar-refractivity contribution in [2.75, 3.05) is 25.1 Å². The van der Waals surface area contributed by atoms with Gasteiger partial charge in [0.15, 0.2) is 11.5 Å². The molecule has 1 amide bonds. The summed E-state index contributed by atoms with van der Waals surface area (Å²) in [4.78, 5) is 13.0. The van der Waals surface area contributed by atoms with E-state index in [1.165, 1.54) is 44.6 Å². The molecule has 0 aliphatic carbocycles. The zero-order valence-electron chi connectivity index (χ0n) is 19.4. The molecule has 0 fully saturated rings. The average Bonchev–Trinajstić information content (AvgIpc) is 2.82. The summed E-state index contributed by atoms with van der Waals surface area (Å²) in [5.74, 6) is -0.161. The second-order valence-corrected chi connectivity index (χ2v) is 9.57. The molecule has 0 aromatic heterocycles. The van der Waals surface area contributed by atoms with Crippen LogP contribution in [0, 0.1) is 12.7 Å². The lowest BCUT2D eigenvalue weighted by atomic mass is 10.1. The Labute approximate surface area is 199 Å². The van der Waals surface area contributed by atoms with Crippen LogP contribution in [0.1, 0.15) is 24.1 Å². The van der Waals surface area contributed by atoms with E-state index in [0.717, 1.165) is 9.87 Å². The maximum atomic E-state index is 13.6. The van der Waals surface area contributed by atoms with Gasteiger partial charge < -0.3 is 14.8 Å². The van der Waals surface area contributed by atoms with Crippen molar-refractivity contribution in [3.63, 3.8) is 0 Å². The summed E-state index contributed by atoms with van der Waals surface area (Å²) in [6, 6.07) is 16.3. The van der Waals surface area contributed by atoms with Gasteiger partial charge >= 0.3 is 0 Å². The number of hydrogen-bond donors (Lipinski definition) is 1. The molecule has 1 N–H and O–H groups in total. The lowest BCUT2D eigenvalue weighted by Gasteiger charge is -2.26. The molecule has 0 unspecified atom stereocenters. The standard InChI is InChI=1S/C25H27FN2O5S/c1-17-5-12-22(13-6-17)34(30,31)28(21-11-14-23(32-3)24(15-21)33-4)16-25(29)27-18(2)19-7-9-20(26)10-8-19/h5-15,18H,16H2,1-4H3,(H,27,29)/t18-/m0/s1. The van der Waals surface area contributed by atoms with Gasteiger partial charge in [0.25, 0.3) is 10.0 Å². The van der Waals surface area contributed by atoms with E-state index < -0.39 is 28.5 Å². The maximum absolute atomic E-state index is 13.6. The molecule has 3 aromatic rings. The van der Waals surface area contributed by atoms with Crippen molar-refractivity contribution in [1.82, 2.24) is 5.32 Å². The van der Waals surface area contributed by atoms with E-state index in [2.05, 4.69) is 5.32 Å². The maximum Gasteiger partial charge on any atom is 0.264 e. The van der Waals surface area contributed by atoms with Crippen LogP contribution in [0.5, 0.6) is 11.5 Å². The van der Waals surface area contributed by atoms with Gasteiger partial charge in [0.2, 0.25) is 5.91 Å². The third-order valence-electron chi connectivity index (χ3n) is 5.30. The molecule has 1 atom stereocenters. The van der Waals surface area contributed by atoms with Gasteiger partial charge in [-0.05, 0) is 55.8 Å². The van der Waals surface area contributed by atoms with E-state index >= 15 is 0 Å². The Bertz CT molecular complexity index is 1250. The fraction of sp³-hybridized carbons (Fsp3) is 0.240.